The normalized spacial score (nSPS) is 13.4. The van der Waals surface area contributed by atoms with Gasteiger partial charge in [0.05, 0.1) is 4.92 Å². The van der Waals surface area contributed by atoms with Crippen molar-refractivity contribution in [2.75, 3.05) is 5.75 Å². The summed E-state index contributed by atoms with van der Waals surface area (Å²) in [5.74, 6) is 1.09. The summed E-state index contributed by atoms with van der Waals surface area (Å²) in [7, 11) is 0. The number of non-ortho nitro benzene ring substituents is 1. The number of fused-ring (bicyclic) bond motifs is 1. The van der Waals surface area contributed by atoms with E-state index in [1.54, 1.807) is 12.1 Å². The van der Waals surface area contributed by atoms with Crippen LogP contribution >= 0.6 is 11.8 Å². The quantitative estimate of drug-likeness (QED) is 0.449. The molecule has 90 valence electrons. The number of unbranched alkanes of at least 4 members (excludes halogenated alkanes) is 1. The molecule has 1 aromatic rings. The highest BCUT2D eigenvalue weighted by atomic mass is 32.2. The Hall–Kier alpha value is -1.29. The molecular weight excluding hydrogens is 234 g/mol. The van der Waals surface area contributed by atoms with Crippen LogP contribution in [0.25, 0.3) is 4.91 Å². The number of benzene rings is 1. The molecule has 0 spiro atoms. The van der Waals surface area contributed by atoms with E-state index in [0.29, 0.717) is 0 Å². The second-order valence-corrected chi connectivity index (χ2v) is 5.21. The molecule has 4 heteroatoms. The van der Waals surface area contributed by atoms with Gasteiger partial charge in [-0.25, -0.2) is 0 Å². The van der Waals surface area contributed by atoms with Crippen molar-refractivity contribution in [2.24, 2.45) is 0 Å². The summed E-state index contributed by atoms with van der Waals surface area (Å²) in [4.78, 5) is 11.6. The van der Waals surface area contributed by atoms with Gasteiger partial charge in [0.1, 0.15) is 0 Å². The zero-order valence-corrected chi connectivity index (χ0v) is 10.6. The molecule has 0 bridgehead atoms. The first-order valence-electron chi connectivity index (χ1n) is 5.83. The SMILES string of the molecule is CCCCSC1=CCc2ccc([N+](=O)[O-])cc21. The zero-order valence-electron chi connectivity index (χ0n) is 9.81. The maximum Gasteiger partial charge on any atom is 0.270 e. The van der Waals surface area contributed by atoms with E-state index in [2.05, 4.69) is 13.0 Å². The first kappa shape index (κ1) is 12.2. The summed E-state index contributed by atoms with van der Waals surface area (Å²) in [6.45, 7) is 2.17. The van der Waals surface area contributed by atoms with Crippen molar-refractivity contribution in [1.82, 2.24) is 0 Å². The lowest BCUT2D eigenvalue weighted by Crippen LogP contribution is -1.91. The first-order chi connectivity index (χ1) is 8.22. The molecule has 0 amide bonds. The fourth-order valence-electron chi connectivity index (χ4n) is 1.86. The van der Waals surface area contributed by atoms with Crippen molar-refractivity contribution in [3.8, 4) is 0 Å². The van der Waals surface area contributed by atoms with Crippen molar-refractivity contribution in [3.05, 3.63) is 45.5 Å². The van der Waals surface area contributed by atoms with Crippen LogP contribution < -0.4 is 0 Å². The molecule has 0 fully saturated rings. The van der Waals surface area contributed by atoms with Crippen molar-refractivity contribution in [1.29, 1.82) is 0 Å². The van der Waals surface area contributed by atoms with Gasteiger partial charge in [-0.3, -0.25) is 10.1 Å². The predicted octanol–water partition coefficient (Wildman–Crippen LogP) is 4.03. The highest BCUT2D eigenvalue weighted by molar-refractivity contribution is 8.08. The second-order valence-electron chi connectivity index (χ2n) is 4.07. The minimum absolute atomic E-state index is 0.188. The molecular formula is C13H15NO2S. The first-order valence-corrected chi connectivity index (χ1v) is 6.81. The summed E-state index contributed by atoms with van der Waals surface area (Å²) >= 11 is 1.81. The number of rotatable bonds is 5. The summed E-state index contributed by atoms with van der Waals surface area (Å²) in [6.07, 6.45) is 5.45. The molecule has 0 saturated heterocycles. The zero-order chi connectivity index (χ0) is 12.3. The lowest BCUT2D eigenvalue weighted by atomic mass is 10.1. The van der Waals surface area contributed by atoms with E-state index in [9.17, 15) is 10.1 Å². The Morgan fingerprint density at radius 1 is 1.47 bits per heavy atom. The number of hydrogen-bond acceptors (Lipinski definition) is 3. The standard InChI is InChI=1S/C13H15NO2S/c1-2-3-8-17-13-7-5-10-4-6-11(14(15)16)9-12(10)13/h4,6-7,9H,2-3,5,8H2,1H3. The third-order valence-corrected chi connectivity index (χ3v) is 4.02. The van der Waals surface area contributed by atoms with Crippen LogP contribution in [0, 0.1) is 10.1 Å². The lowest BCUT2D eigenvalue weighted by molar-refractivity contribution is -0.384. The van der Waals surface area contributed by atoms with Crippen LogP contribution in [-0.4, -0.2) is 10.7 Å². The van der Waals surface area contributed by atoms with Gasteiger partial charge in [-0.15, -0.1) is 11.8 Å². The van der Waals surface area contributed by atoms with Crippen LogP contribution in [0.15, 0.2) is 24.3 Å². The van der Waals surface area contributed by atoms with Gasteiger partial charge in [-0.1, -0.05) is 25.5 Å². The van der Waals surface area contributed by atoms with Crippen molar-refractivity contribution >= 4 is 22.4 Å². The number of nitro benzene ring substituents is 1. The topological polar surface area (TPSA) is 43.1 Å². The van der Waals surface area contributed by atoms with E-state index in [1.165, 1.54) is 23.3 Å². The third kappa shape index (κ3) is 2.69. The minimum Gasteiger partial charge on any atom is -0.258 e. The van der Waals surface area contributed by atoms with Gasteiger partial charge in [0.15, 0.2) is 0 Å². The molecule has 3 nitrogen and oxygen atoms in total. The number of hydrogen-bond donors (Lipinski definition) is 0. The summed E-state index contributed by atoms with van der Waals surface area (Å²) in [6, 6.07) is 5.16. The largest absolute Gasteiger partial charge is 0.270 e. The molecule has 0 heterocycles. The van der Waals surface area contributed by atoms with Gasteiger partial charge in [-0.05, 0) is 29.7 Å². The maximum absolute atomic E-state index is 10.7. The van der Waals surface area contributed by atoms with Crippen LogP contribution in [0.3, 0.4) is 0 Å². The van der Waals surface area contributed by atoms with Gasteiger partial charge < -0.3 is 0 Å². The van der Waals surface area contributed by atoms with E-state index in [0.717, 1.165) is 17.7 Å². The lowest BCUT2D eigenvalue weighted by Gasteiger charge is -2.05. The van der Waals surface area contributed by atoms with Crippen LogP contribution in [0.4, 0.5) is 5.69 Å². The Kier molecular flexibility index (Phi) is 3.84. The van der Waals surface area contributed by atoms with Crippen LogP contribution in [0.5, 0.6) is 0 Å². The molecule has 17 heavy (non-hydrogen) atoms. The van der Waals surface area contributed by atoms with Gasteiger partial charge in [-0.2, -0.15) is 0 Å². The fourth-order valence-corrected chi connectivity index (χ4v) is 3.06. The van der Waals surface area contributed by atoms with Gasteiger partial charge in [0.25, 0.3) is 5.69 Å². The third-order valence-electron chi connectivity index (χ3n) is 2.83. The van der Waals surface area contributed by atoms with Crippen LogP contribution in [0.1, 0.15) is 30.9 Å². The van der Waals surface area contributed by atoms with E-state index < -0.39 is 0 Å². The Labute approximate surface area is 105 Å². The number of allylic oxidation sites excluding steroid dienone is 1. The van der Waals surface area contributed by atoms with E-state index >= 15 is 0 Å². The molecule has 1 aliphatic carbocycles. The highest BCUT2D eigenvalue weighted by Crippen LogP contribution is 2.37. The Bertz CT molecular complexity index is 468. The number of thioether (sulfide) groups is 1. The Morgan fingerprint density at radius 2 is 2.29 bits per heavy atom. The second kappa shape index (κ2) is 5.36. The highest BCUT2D eigenvalue weighted by Gasteiger charge is 2.17. The molecule has 0 N–H and O–H groups in total. The number of nitro groups is 1. The Balaban J connectivity index is 2.16. The van der Waals surface area contributed by atoms with E-state index in [-0.39, 0.29) is 10.6 Å². The fraction of sp³-hybridized carbons (Fsp3) is 0.385. The average Bonchev–Trinajstić information content (AvgIpc) is 2.72. The van der Waals surface area contributed by atoms with E-state index in [4.69, 9.17) is 0 Å². The van der Waals surface area contributed by atoms with Crippen LogP contribution in [-0.2, 0) is 6.42 Å². The number of nitrogens with zero attached hydrogens (tertiary/aromatic N) is 1. The summed E-state index contributed by atoms with van der Waals surface area (Å²) < 4.78 is 0. The van der Waals surface area contributed by atoms with E-state index in [1.807, 2.05) is 17.8 Å². The van der Waals surface area contributed by atoms with Crippen molar-refractivity contribution < 1.29 is 4.92 Å². The average molecular weight is 249 g/mol. The minimum atomic E-state index is -0.326. The summed E-state index contributed by atoms with van der Waals surface area (Å²) in [5, 5.41) is 10.7. The molecule has 0 aromatic heterocycles. The molecule has 0 aliphatic heterocycles. The predicted molar refractivity (Wildman–Crippen MR) is 72.1 cm³/mol. The maximum atomic E-state index is 10.7. The molecule has 2 rings (SSSR count). The van der Waals surface area contributed by atoms with Crippen molar-refractivity contribution in [2.45, 2.75) is 26.2 Å². The smallest absolute Gasteiger partial charge is 0.258 e. The molecule has 1 aliphatic rings. The molecule has 0 radical (unpaired) electrons. The molecule has 1 aromatic carbocycles. The van der Waals surface area contributed by atoms with Gasteiger partial charge >= 0.3 is 0 Å². The van der Waals surface area contributed by atoms with Gasteiger partial charge in [0.2, 0.25) is 0 Å². The molecule has 0 atom stereocenters. The molecule has 0 unspecified atom stereocenters. The van der Waals surface area contributed by atoms with Crippen LogP contribution in [0.2, 0.25) is 0 Å². The summed E-state index contributed by atoms with van der Waals surface area (Å²) in [5.41, 5.74) is 2.45. The molecule has 0 saturated carbocycles. The van der Waals surface area contributed by atoms with Crippen molar-refractivity contribution in [3.63, 3.8) is 0 Å². The monoisotopic (exact) mass is 249 g/mol. The Morgan fingerprint density at radius 3 is 3.00 bits per heavy atom. The van der Waals surface area contributed by atoms with Gasteiger partial charge in [0, 0.05) is 17.0 Å².